The molecule has 3 atom stereocenters. The van der Waals surface area contributed by atoms with E-state index in [9.17, 15) is 4.79 Å². The van der Waals surface area contributed by atoms with Gasteiger partial charge in [0.25, 0.3) is 8.32 Å². The van der Waals surface area contributed by atoms with Gasteiger partial charge in [0.15, 0.2) is 0 Å². The van der Waals surface area contributed by atoms with E-state index in [0.717, 1.165) is 25.7 Å². The Labute approximate surface area is 202 Å². The summed E-state index contributed by atoms with van der Waals surface area (Å²) in [6.07, 6.45) is 6.95. The minimum absolute atomic E-state index is 0.0122. The second-order valence-corrected chi connectivity index (χ2v) is 16.0. The molecule has 0 saturated heterocycles. The van der Waals surface area contributed by atoms with Gasteiger partial charge in [0.1, 0.15) is 6.29 Å². The second kappa shape index (κ2) is 9.72. The summed E-state index contributed by atoms with van der Waals surface area (Å²) in [5.41, 5.74) is 0.233. The maximum Gasteiger partial charge on any atom is 0.261 e. The number of rotatable bonds is 8. The predicted molar refractivity (Wildman–Crippen MR) is 143 cm³/mol. The van der Waals surface area contributed by atoms with Crippen molar-refractivity contribution in [1.82, 2.24) is 0 Å². The topological polar surface area (TPSA) is 26.3 Å². The number of hydrogen-bond acceptors (Lipinski definition) is 2. The fourth-order valence-electron chi connectivity index (χ4n) is 6.14. The Morgan fingerprint density at radius 3 is 1.97 bits per heavy atom. The van der Waals surface area contributed by atoms with Crippen molar-refractivity contribution in [3.05, 3.63) is 72.8 Å². The Bertz CT molecular complexity index is 903. The average Bonchev–Trinajstić information content (AvgIpc) is 3.02. The first-order valence-corrected chi connectivity index (χ1v) is 14.3. The lowest BCUT2D eigenvalue weighted by Crippen LogP contribution is -2.67. The van der Waals surface area contributed by atoms with Crippen LogP contribution in [0.15, 0.2) is 72.8 Å². The molecule has 2 aromatic carbocycles. The number of benzene rings is 2. The molecule has 1 saturated carbocycles. The van der Waals surface area contributed by atoms with E-state index in [1.54, 1.807) is 6.08 Å². The first-order chi connectivity index (χ1) is 15.5. The highest BCUT2D eigenvalue weighted by Gasteiger charge is 2.55. The molecule has 0 radical (unpaired) electrons. The molecule has 0 N–H and O–H groups in total. The van der Waals surface area contributed by atoms with Crippen molar-refractivity contribution in [3.63, 3.8) is 0 Å². The second-order valence-electron chi connectivity index (χ2n) is 11.7. The normalized spacial score (nSPS) is 24.2. The van der Waals surface area contributed by atoms with E-state index in [0.29, 0.717) is 11.8 Å². The van der Waals surface area contributed by atoms with E-state index in [4.69, 9.17) is 4.43 Å². The number of hydrogen-bond donors (Lipinski definition) is 0. The molecule has 1 fully saturated rings. The van der Waals surface area contributed by atoms with Crippen LogP contribution in [0.1, 0.15) is 61.3 Å². The van der Waals surface area contributed by atoms with Gasteiger partial charge in [-0.3, -0.25) is 4.79 Å². The van der Waals surface area contributed by atoms with Crippen LogP contribution >= 0.6 is 0 Å². The predicted octanol–water partition coefficient (Wildman–Crippen LogP) is 6.40. The first-order valence-electron chi connectivity index (χ1n) is 12.4. The lowest BCUT2D eigenvalue weighted by atomic mass is 9.60. The van der Waals surface area contributed by atoms with Crippen LogP contribution in [-0.2, 0) is 9.22 Å². The minimum atomic E-state index is -2.53. The fourth-order valence-corrected chi connectivity index (χ4v) is 10.7. The highest BCUT2D eigenvalue weighted by Crippen LogP contribution is 2.60. The van der Waals surface area contributed by atoms with Crippen LogP contribution in [0.5, 0.6) is 0 Å². The zero-order valence-electron chi connectivity index (χ0n) is 21.6. The monoisotopic (exact) mass is 462 g/mol. The van der Waals surface area contributed by atoms with Crippen LogP contribution in [0.2, 0.25) is 5.04 Å². The van der Waals surface area contributed by atoms with Crippen molar-refractivity contribution < 1.29 is 9.22 Å². The zero-order chi connectivity index (χ0) is 24.3. The Hall–Kier alpha value is -1.97. The van der Waals surface area contributed by atoms with Crippen molar-refractivity contribution in [1.29, 1.82) is 0 Å². The Morgan fingerprint density at radius 2 is 1.52 bits per heavy atom. The number of carbonyl (C=O) groups excluding carboxylic acids is 1. The van der Waals surface area contributed by atoms with E-state index in [1.807, 2.05) is 0 Å². The Morgan fingerprint density at radius 1 is 1.00 bits per heavy atom. The molecule has 1 aliphatic carbocycles. The summed E-state index contributed by atoms with van der Waals surface area (Å²) in [7, 11) is -2.53. The number of carbonyl (C=O) groups is 1. The lowest BCUT2D eigenvalue weighted by molar-refractivity contribution is -0.104. The summed E-state index contributed by atoms with van der Waals surface area (Å²) in [4.78, 5) is 10.9. The summed E-state index contributed by atoms with van der Waals surface area (Å²) >= 11 is 0. The molecule has 2 nitrogen and oxygen atoms in total. The van der Waals surface area contributed by atoms with Gasteiger partial charge in [-0.05, 0) is 57.0 Å². The van der Waals surface area contributed by atoms with Crippen LogP contribution in [-0.4, -0.2) is 21.2 Å². The third-order valence-corrected chi connectivity index (χ3v) is 13.9. The number of allylic oxidation sites excluding steroid dienone is 2. The molecule has 1 aliphatic rings. The summed E-state index contributed by atoms with van der Waals surface area (Å²) in [5.74, 6) is 0.812. The quantitative estimate of drug-likeness (QED) is 0.258. The summed E-state index contributed by atoms with van der Waals surface area (Å²) in [6.45, 7) is 17.3. The summed E-state index contributed by atoms with van der Waals surface area (Å²) in [6, 6.07) is 21.8. The van der Waals surface area contributed by atoms with Gasteiger partial charge in [0, 0.05) is 6.61 Å². The van der Waals surface area contributed by atoms with Gasteiger partial charge in [0.05, 0.1) is 0 Å². The smallest absolute Gasteiger partial charge is 0.261 e. The molecule has 0 heterocycles. The van der Waals surface area contributed by atoms with Gasteiger partial charge >= 0.3 is 0 Å². The van der Waals surface area contributed by atoms with E-state index in [-0.39, 0.29) is 15.9 Å². The molecule has 0 amide bonds. The van der Waals surface area contributed by atoms with E-state index >= 15 is 0 Å². The van der Waals surface area contributed by atoms with Crippen molar-refractivity contribution in [2.45, 2.75) is 66.3 Å². The third kappa shape index (κ3) is 4.55. The molecule has 0 aromatic heterocycles. The Balaban J connectivity index is 1.99. The minimum Gasteiger partial charge on any atom is -0.407 e. The van der Waals surface area contributed by atoms with Crippen molar-refractivity contribution in [3.8, 4) is 0 Å². The van der Waals surface area contributed by atoms with Crippen LogP contribution in [0.4, 0.5) is 0 Å². The number of aldehydes is 1. The third-order valence-electron chi connectivity index (χ3n) is 8.91. The van der Waals surface area contributed by atoms with E-state index in [1.165, 1.54) is 10.4 Å². The maximum absolute atomic E-state index is 10.9. The standard InChI is InChI=1S/C30H42O2Si/c1-24(15-14-22-31)30(7)21-20-25(29(30,5)6)23-32-33(28(2,3)4,26-16-10-8-11-17-26)27-18-12-9-13-19-27/h8-19,22,24-25H,20-21,23H2,1-7H3/b15-14+/t24-,25-,30+/m0/s1. The molecule has 0 unspecified atom stereocenters. The van der Waals surface area contributed by atoms with Gasteiger partial charge in [-0.2, -0.15) is 0 Å². The van der Waals surface area contributed by atoms with Crippen molar-refractivity contribution in [2.75, 3.05) is 6.61 Å². The molecule has 3 rings (SSSR count). The van der Waals surface area contributed by atoms with Crippen LogP contribution in [0.25, 0.3) is 0 Å². The molecule has 33 heavy (non-hydrogen) atoms. The molecule has 178 valence electrons. The van der Waals surface area contributed by atoms with Gasteiger partial charge < -0.3 is 4.43 Å². The van der Waals surface area contributed by atoms with Gasteiger partial charge in [-0.15, -0.1) is 0 Å². The zero-order valence-corrected chi connectivity index (χ0v) is 22.6. The van der Waals surface area contributed by atoms with Crippen LogP contribution in [0, 0.1) is 22.7 Å². The molecule has 3 heteroatoms. The fraction of sp³-hybridized carbons (Fsp3) is 0.500. The molecule has 0 aliphatic heterocycles. The maximum atomic E-state index is 10.9. The van der Waals surface area contributed by atoms with Crippen LogP contribution < -0.4 is 10.4 Å². The summed E-state index contributed by atoms with van der Waals surface area (Å²) < 4.78 is 7.30. The van der Waals surface area contributed by atoms with Gasteiger partial charge in [0.2, 0.25) is 0 Å². The van der Waals surface area contributed by atoms with E-state index < -0.39 is 8.32 Å². The van der Waals surface area contributed by atoms with Crippen molar-refractivity contribution in [2.24, 2.45) is 22.7 Å². The Kier molecular flexibility index (Phi) is 7.55. The van der Waals surface area contributed by atoms with E-state index in [2.05, 4.69) is 115 Å². The highest BCUT2D eigenvalue weighted by molar-refractivity contribution is 6.99. The lowest BCUT2D eigenvalue weighted by Gasteiger charge is -2.47. The first kappa shape index (κ1) is 25.6. The van der Waals surface area contributed by atoms with Gasteiger partial charge in [-0.1, -0.05) is 115 Å². The molecular weight excluding hydrogens is 420 g/mol. The molecular formula is C30H42O2Si. The van der Waals surface area contributed by atoms with Crippen molar-refractivity contribution >= 4 is 25.0 Å². The largest absolute Gasteiger partial charge is 0.407 e. The average molecular weight is 463 g/mol. The van der Waals surface area contributed by atoms with Crippen LogP contribution in [0.3, 0.4) is 0 Å². The molecule has 0 bridgehead atoms. The molecule has 0 spiro atoms. The SMILES string of the molecule is C[C@@H](/C=C/C=O)[C@@]1(C)CC[C@@H](CO[Si](c2ccccc2)(c2ccccc2)C(C)(C)C)C1(C)C. The molecule has 2 aromatic rings. The highest BCUT2D eigenvalue weighted by atomic mass is 28.4. The van der Waals surface area contributed by atoms with Gasteiger partial charge in [-0.25, -0.2) is 0 Å². The summed E-state index contributed by atoms with van der Waals surface area (Å²) in [5, 5.41) is 2.66.